The van der Waals surface area contributed by atoms with Crippen molar-refractivity contribution < 1.29 is 22.7 Å². The van der Waals surface area contributed by atoms with Crippen LogP contribution in [0.1, 0.15) is 6.42 Å². The smallest absolute Gasteiger partial charge is 0.430 e. The molecular formula is C5H7F3N2O2. The first-order valence-corrected chi connectivity index (χ1v) is 3.26. The molecule has 1 saturated heterocycles. The van der Waals surface area contributed by atoms with Gasteiger partial charge in [0.05, 0.1) is 0 Å². The first-order valence-electron chi connectivity index (χ1n) is 3.26. The quantitative estimate of drug-likeness (QED) is 0.585. The van der Waals surface area contributed by atoms with Crippen LogP contribution in [0.15, 0.2) is 0 Å². The van der Waals surface area contributed by atoms with Crippen LogP contribution in [-0.2, 0) is 4.74 Å². The highest BCUT2D eigenvalue weighted by Crippen LogP contribution is 2.11. The lowest BCUT2D eigenvalue weighted by Crippen LogP contribution is -2.49. The highest BCUT2D eigenvalue weighted by Gasteiger charge is 2.32. The number of carbonyl (C=O) groups excluding carboxylic acids is 1. The SMILES string of the molecule is O=C(NC(F)(F)F)OC1CCN1. The molecule has 0 saturated carbocycles. The van der Waals surface area contributed by atoms with Gasteiger partial charge in [-0.3, -0.25) is 5.32 Å². The number of alkyl halides is 3. The molecule has 1 aliphatic rings. The van der Waals surface area contributed by atoms with Gasteiger partial charge in [0.25, 0.3) is 0 Å². The van der Waals surface area contributed by atoms with Crippen LogP contribution in [0.4, 0.5) is 18.0 Å². The number of carbonyl (C=O) groups is 1. The van der Waals surface area contributed by atoms with Gasteiger partial charge in [0.1, 0.15) is 0 Å². The third-order valence-electron chi connectivity index (χ3n) is 1.27. The third-order valence-corrected chi connectivity index (χ3v) is 1.27. The van der Waals surface area contributed by atoms with Gasteiger partial charge in [0.15, 0.2) is 6.23 Å². The monoisotopic (exact) mass is 184 g/mol. The Hall–Kier alpha value is -0.980. The second-order valence-electron chi connectivity index (χ2n) is 2.26. The lowest BCUT2D eigenvalue weighted by molar-refractivity contribution is -0.152. The highest BCUT2D eigenvalue weighted by molar-refractivity contribution is 5.67. The largest absolute Gasteiger partial charge is 0.487 e. The molecule has 1 fully saturated rings. The molecule has 0 aliphatic carbocycles. The zero-order valence-electron chi connectivity index (χ0n) is 5.94. The van der Waals surface area contributed by atoms with E-state index in [-0.39, 0.29) is 0 Å². The van der Waals surface area contributed by atoms with Crippen LogP contribution in [0.2, 0.25) is 0 Å². The first kappa shape index (κ1) is 9.11. The molecule has 1 rings (SSSR count). The van der Waals surface area contributed by atoms with Crippen molar-refractivity contribution in [2.45, 2.75) is 18.9 Å². The van der Waals surface area contributed by atoms with Crippen molar-refractivity contribution >= 4 is 6.09 Å². The molecule has 1 unspecified atom stereocenters. The Bertz CT molecular complexity index is 178. The van der Waals surface area contributed by atoms with Crippen molar-refractivity contribution in [2.75, 3.05) is 6.54 Å². The average molecular weight is 184 g/mol. The van der Waals surface area contributed by atoms with Gasteiger partial charge >= 0.3 is 12.4 Å². The van der Waals surface area contributed by atoms with E-state index in [9.17, 15) is 18.0 Å². The molecule has 1 amide bonds. The minimum absolute atomic E-state index is 0.547. The van der Waals surface area contributed by atoms with E-state index in [1.165, 1.54) is 0 Å². The molecule has 2 N–H and O–H groups in total. The second-order valence-corrected chi connectivity index (χ2v) is 2.26. The summed E-state index contributed by atoms with van der Waals surface area (Å²) >= 11 is 0. The molecule has 0 spiro atoms. The van der Waals surface area contributed by atoms with Gasteiger partial charge in [-0.15, -0.1) is 0 Å². The van der Waals surface area contributed by atoms with E-state index in [0.717, 1.165) is 5.32 Å². The van der Waals surface area contributed by atoms with Gasteiger partial charge in [-0.05, 0) is 0 Å². The molecule has 1 heterocycles. The van der Waals surface area contributed by atoms with E-state index < -0.39 is 18.6 Å². The summed E-state index contributed by atoms with van der Waals surface area (Å²) in [5.74, 6) is 0. The molecule has 70 valence electrons. The number of nitrogens with one attached hydrogen (secondary N) is 2. The van der Waals surface area contributed by atoms with Crippen LogP contribution < -0.4 is 10.6 Å². The van der Waals surface area contributed by atoms with Crippen molar-refractivity contribution in [1.29, 1.82) is 0 Å². The third kappa shape index (κ3) is 2.95. The highest BCUT2D eigenvalue weighted by atomic mass is 19.4. The predicted octanol–water partition coefficient (Wildman–Crippen LogP) is 0.552. The number of hydrogen-bond donors (Lipinski definition) is 2. The Morgan fingerprint density at radius 3 is 2.50 bits per heavy atom. The Kier molecular flexibility index (Phi) is 2.41. The van der Waals surface area contributed by atoms with Crippen LogP contribution in [0.25, 0.3) is 0 Å². The van der Waals surface area contributed by atoms with Crippen LogP contribution in [0.5, 0.6) is 0 Å². The predicted molar refractivity (Wildman–Crippen MR) is 32.1 cm³/mol. The topological polar surface area (TPSA) is 50.4 Å². The summed E-state index contributed by atoms with van der Waals surface area (Å²) in [7, 11) is 0. The van der Waals surface area contributed by atoms with Crippen molar-refractivity contribution in [3.05, 3.63) is 0 Å². The molecule has 0 radical (unpaired) electrons. The molecular weight excluding hydrogens is 177 g/mol. The maximum absolute atomic E-state index is 11.4. The molecule has 7 heteroatoms. The van der Waals surface area contributed by atoms with Crippen LogP contribution >= 0.6 is 0 Å². The van der Waals surface area contributed by atoms with Gasteiger partial charge in [0.2, 0.25) is 0 Å². The Morgan fingerprint density at radius 2 is 2.17 bits per heavy atom. The molecule has 0 bridgehead atoms. The Balaban J connectivity index is 2.19. The summed E-state index contributed by atoms with van der Waals surface area (Å²) < 4.78 is 38.6. The number of halogens is 3. The summed E-state index contributed by atoms with van der Waals surface area (Å²) in [4.78, 5) is 10.4. The van der Waals surface area contributed by atoms with Gasteiger partial charge < -0.3 is 4.74 Å². The van der Waals surface area contributed by atoms with Crippen molar-refractivity contribution in [1.82, 2.24) is 10.6 Å². The van der Waals surface area contributed by atoms with Gasteiger partial charge in [-0.25, -0.2) is 10.1 Å². The summed E-state index contributed by atoms with van der Waals surface area (Å²) in [5, 5.41) is 3.33. The van der Waals surface area contributed by atoms with E-state index in [0.29, 0.717) is 13.0 Å². The van der Waals surface area contributed by atoms with E-state index in [2.05, 4.69) is 10.1 Å². The number of rotatable bonds is 1. The fraction of sp³-hybridized carbons (Fsp3) is 0.800. The molecule has 1 aliphatic heterocycles. The number of amides is 1. The van der Waals surface area contributed by atoms with Gasteiger partial charge in [0, 0.05) is 13.0 Å². The molecule has 4 nitrogen and oxygen atoms in total. The van der Waals surface area contributed by atoms with Crippen molar-refractivity contribution in [3.63, 3.8) is 0 Å². The van der Waals surface area contributed by atoms with E-state index >= 15 is 0 Å². The van der Waals surface area contributed by atoms with Gasteiger partial charge in [-0.1, -0.05) is 0 Å². The van der Waals surface area contributed by atoms with Crippen LogP contribution in [0, 0.1) is 0 Å². The zero-order chi connectivity index (χ0) is 9.19. The fourth-order valence-corrected chi connectivity index (χ4v) is 0.637. The normalized spacial score (nSPS) is 22.8. The maximum atomic E-state index is 11.4. The standard InChI is InChI=1S/C5H7F3N2O2/c6-5(7,8)10-4(11)12-3-1-2-9-3/h3,9H,1-2H2,(H,10,11). The summed E-state index contributed by atoms with van der Waals surface area (Å²) in [5.41, 5.74) is 0. The minimum atomic E-state index is -4.72. The average Bonchev–Trinajstić information content (AvgIpc) is 1.74. The number of ether oxygens (including phenoxy) is 1. The lowest BCUT2D eigenvalue weighted by Gasteiger charge is -2.27. The first-order chi connectivity index (χ1) is 5.47. The summed E-state index contributed by atoms with van der Waals surface area (Å²) in [6.45, 7) is 0.657. The molecule has 12 heavy (non-hydrogen) atoms. The second kappa shape index (κ2) is 3.18. The van der Waals surface area contributed by atoms with E-state index in [4.69, 9.17) is 0 Å². The number of alkyl carbamates (subject to hydrolysis) is 1. The molecule has 0 aromatic heterocycles. The minimum Gasteiger partial charge on any atom is -0.430 e. The zero-order valence-corrected chi connectivity index (χ0v) is 5.94. The van der Waals surface area contributed by atoms with Crippen molar-refractivity contribution in [3.8, 4) is 0 Å². The molecule has 0 aromatic carbocycles. The summed E-state index contributed by atoms with van der Waals surface area (Å²) in [6, 6.07) is 0. The Labute approximate surface area is 66.1 Å². The lowest BCUT2D eigenvalue weighted by atomic mass is 10.2. The van der Waals surface area contributed by atoms with E-state index in [1.807, 2.05) is 0 Å². The van der Waals surface area contributed by atoms with Crippen LogP contribution in [0.3, 0.4) is 0 Å². The Morgan fingerprint density at radius 1 is 1.58 bits per heavy atom. The van der Waals surface area contributed by atoms with Crippen LogP contribution in [-0.4, -0.2) is 25.2 Å². The molecule has 1 atom stereocenters. The number of hydrogen-bond acceptors (Lipinski definition) is 3. The summed E-state index contributed by atoms with van der Waals surface area (Å²) in [6.07, 6.45) is -6.22. The maximum Gasteiger partial charge on any atom is 0.487 e. The van der Waals surface area contributed by atoms with Crippen molar-refractivity contribution in [2.24, 2.45) is 0 Å². The van der Waals surface area contributed by atoms with Gasteiger partial charge in [-0.2, -0.15) is 13.2 Å². The fourth-order valence-electron chi connectivity index (χ4n) is 0.637. The molecule has 0 aromatic rings. The van der Waals surface area contributed by atoms with E-state index in [1.54, 1.807) is 0 Å².